The summed E-state index contributed by atoms with van der Waals surface area (Å²) in [6.45, 7) is 0.561. The van der Waals surface area contributed by atoms with Crippen molar-refractivity contribution in [3.63, 3.8) is 0 Å². The predicted molar refractivity (Wildman–Crippen MR) is 67.6 cm³/mol. The molecule has 4 N–H and O–H groups in total. The topological polar surface area (TPSA) is 112 Å². The van der Waals surface area contributed by atoms with Crippen molar-refractivity contribution in [3.8, 4) is 0 Å². The number of pyridine rings is 1. The largest absolute Gasteiger partial charge is 0.479 e. The van der Waals surface area contributed by atoms with Gasteiger partial charge in [-0.3, -0.25) is 4.98 Å². The summed E-state index contributed by atoms with van der Waals surface area (Å²) in [5.41, 5.74) is 1.02. The number of hydrogen-bond acceptors (Lipinski definition) is 4. The summed E-state index contributed by atoms with van der Waals surface area (Å²) in [7, 11) is 0. The fraction of sp³-hybridized carbons (Fsp3) is 0.417. The maximum absolute atomic E-state index is 11.3. The van der Waals surface area contributed by atoms with Crippen molar-refractivity contribution >= 4 is 12.0 Å². The van der Waals surface area contributed by atoms with E-state index in [-0.39, 0.29) is 19.0 Å². The van der Waals surface area contributed by atoms with Gasteiger partial charge in [0.25, 0.3) is 0 Å². The number of amides is 2. The number of hydrogen-bond donors (Lipinski definition) is 4. The van der Waals surface area contributed by atoms with Crippen molar-refractivity contribution in [2.75, 3.05) is 13.1 Å². The number of urea groups is 1. The average Bonchev–Trinajstić information content (AvgIpc) is 2.39. The van der Waals surface area contributed by atoms with E-state index < -0.39 is 12.1 Å². The van der Waals surface area contributed by atoms with E-state index >= 15 is 0 Å². The minimum atomic E-state index is -1.45. The Morgan fingerprint density at radius 1 is 1.32 bits per heavy atom. The molecule has 104 valence electrons. The van der Waals surface area contributed by atoms with Crippen LogP contribution in [-0.4, -0.2) is 46.4 Å². The molecule has 0 saturated heterocycles. The molecule has 0 bridgehead atoms. The Hall–Kier alpha value is -2.15. The van der Waals surface area contributed by atoms with Gasteiger partial charge < -0.3 is 20.8 Å². The number of carbonyl (C=O) groups is 2. The van der Waals surface area contributed by atoms with E-state index in [1.54, 1.807) is 12.4 Å². The quantitative estimate of drug-likeness (QED) is 0.544. The molecule has 0 fully saturated rings. The Labute approximate surface area is 110 Å². The van der Waals surface area contributed by atoms with Crippen LogP contribution in [0, 0.1) is 0 Å². The second kappa shape index (κ2) is 8.04. The van der Waals surface area contributed by atoms with Crippen molar-refractivity contribution in [1.29, 1.82) is 0 Å². The highest BCUT2D eigenvalue weighted by Gasteiger charge is 2.12. The van der Waals surface area contributed by atoms with Crippen LogP contribution in [0.3, 0.4) is 0 Å². The Kier molecular flexibility index (Phi) is 6.31. The van der Waals surface area contributed by atoms with Gasteiger partial charge in [0.05, 0.1) is 0 Å². The van der Waals surface area contributed by atoms with Crippen LogP contribution in [0.25, 0.3) is 0 Å². The van der Waals surface area contributed by atoms with Gasteiger partial charge in [0.2, 0.25) is 0 Å². The molecule has 0 radical (unpaired) electrons. The normalized spacial score (nSPS) is 11.6. The highest BCUT2D eigenvalue weighted by Crippen LogP contribution is 1.95. The summed E-state index contributed by atoms with van der Waals surface area (Å²) in [6, 6.07) is 3.35. The lowest BCUT2D eigenvalue weighted by molar-refractivity contribution is -0.146. The maximum Gasteiger partial charge on any atom is 0.332 e. The molecular weight excluding hydrogens is 250 g/mol. The number of aromatic nitrogens is 1. The highest BCUT2D eigenvalue weighted by molar-refractivity contribution is 5.74. The molecule has 1 heterocycles. The predicted octanol–water partition coefficient (Wildman–Crippen LogP) is -0.241. The van der Waals surface area contributed by atoms with Crippen LogP contribution < -0.4 is 10.6 Å². The molecule has 0 aliphatic heterocycles. The minimum Gasteiger partial charge on any atom is -0.479 e. The summed E-state index contributed by atoms with van der Waals surface area (Å²) in [6.07, 6.45) is 2.60. The average molecular weight is 267 g/mol. The van der Waals surface area contributed by atoms with Crippen molar-refractivity contribution in [3.05, 3.63) is 30.1 Å². The van der Waals surface area contributed by atoms with E-state index in [9.17, 15) is 9.59 Å². The number of carboxylic acid groups (broad SMARTS) is 1. The molecule has 1 aromatic rings. The SMILES string of the molecule is O=C(NCCc1cccnc1)NCCC(O)C(=O)O. The molecule has 1 aromatic heterocycles. The van der Waals surface area contributed by atoms with Crippen LogP contribution in [0.2, 0.25) is 0 Å². The minimum absolute atomic E-state index is 0.0225. The molecule has 0 aliphatic carbocycles. The molecule has 0 spiro atoms. The fourth-order valence-corrected chi connectivity index (χ4v) is 1.37. The number of carboxylic acids is 1. The first-order chi connectivity index (χ1) is 9.09. The smallest absolute Gasteiger partial charge is 0.332 e. The Morgan fingerprint density at radius 3 is 2.68 bits per heavy atom. The molecule has 1 atom stereocenters. The maximum atomic E-state index is 11.3. The van der Waals surface area contributed by atoms with E-state index in [0.717, 1.165) is 5.56 Å². The lowest BCUT2D eigenvalue weighted by Gasteiger charge is -2.08. The van der Waals surface area contributed by atoms with Gasteiger partial charge in [-0.25, -0.2) is 9.59 Å². The molecule has 1 rings (SSSR count). The molecule has 0 aliphatic rings. The summed E-state index contributed by atoms with van der Waals surface area (Å²) in [4.78, 5) is 25.6. The van der Waals surface area contributed by atoms with Gasteiger partial charge in [-0.15, -0.1) is 0 Å². The summed E-state index contributed by atoms with van der Waals surface area (Å²) < 4.78 is 0. The first kappa shape index (κ1) is 14.9. The zero-order valence-corrected chi connectivity index (χ0v) is 10.4. The number of rotatable bonds is 7. The third-order valence-electron chi connectivity index (χ3n) is 2.41. The Bertz CT molecular complexity index is 411. The van der Waals surface area contributed by atoms with Gasteiger partial charge in [-0.05, 0) is 18.1 Å². The summed E-state index contributed by atoms with van der Waals surface area (Å²) in [5, 5.41) is 22.5. The number of nitrogens with zero attached hydrogens (tertiary/aromatic N) is 1. The zero-order chi connectivity index (χ0) is 14.1. The van der Waals surface area contributed by atoms with Gasteiger partial charge in [0.1, 0.15) is 0 Å². The number of aliphatic carboxylic acids is 1. The zero-order valence-electron chi connectivity index (χ0n) is 10.4. The number of aliphatic hydroxyl groups is 1. The van der Waals surface area contributed by atoms with Crippen molar-refractivity contribution in [2.45, 2.75) is 18.9 Å². The van der Waals surface area contributed by atoms with Crippen molar-refractivity contribution in [1.82, 2.24) is 15.6 Å². The van der Waals surface area contributed by atoms with Crippen molar-refractivity contribution in [2.24, 2.45) is 0 Å². The molecule has 7 nitrogen and oxygen atoms in total. The molecular formula is C12H17N3O4. The first-order valence-electron chi connectivity index (χ1n) is 5.91. The van der Waals surface area contributed by atoms with Crippen molar-refractivity contribution < 1.29 is 19.8 Å². The van der Waals surface area contributed by atoms with Crippen LogP contribution in [0.1, 0.15) is 12.0 Å². The monoisotopic (exact) mass is 267 g/mol. The third kappa shape index (κ3) is 6.37. The number of carbonyl (C=O) groups excluding carboxylic acids is 1. The van der Waals surface area contributed by atoms with Gasteiger partial charge in [-0.2, -0.15) is 0 Å². The summed E-state index contributed by atoms with van der Waals surface area (Å²) >= 11 is 0. The van der Waals surface area contributed by atoms with E-state index in [1.807, 2.05) is 12.1 Å². The lowest BCUT2D eigenvalue weighted by atomic mass is 10.2. The third-order valence-corrected chi connectivity index (χ3v) is 2.41. The van der Waals surface area contributed by atoms with Gasteiger partial charge >= 0.3 is 12.0 Å². The van der Waals surface area contributed by atoms with Crippen LogP contribution >= 0.6 is 0 Å². The molecule has 7 heteroatoms. The van der Waals surface area contributed by atoms with E-state index in [1.165, 1.54) is 0 Å². The van der Waals surface area contributed by atoms with E-state index in [0.29, 0.717) is 13.0 Å². The second-order valence-corrected chi connectivity index (χ2v) is 3.94. The molecule has 19 heavy (non-hydrogen) atoms. The fourth-order valence-electron chi connectivity index (χ4n) is 1.37. The Balaban J connectivity index is 2.10. The first-order valence-corrected chi connectivity index (χ1v) is 5.91. The van der Waals surface area contributed by atoms with Gasteiger partial charge in [0, 0.05) is 31.9 Å². The number of nitrogens with one attached hydrogen (secondary N) is 2. The molecule has 2 amide bonds. The molecule has 1 unspecified atom stereocenters. The van der Waals surface area contributed by atoms with Crippen LogP contribution in [0.4, 0.5) is 4.79 Å². The highest BCUT2D eigenvalue weighted by atomic mass is 16.4. The van der Waals surface area contributed by atoms with Crippen LogP contribution in [0.5, 0.6) is 0 Å². The van der Waals surface area contributed by atoms with Crippen LogP contribution in [-0.2, 0) is 11.2 Å². The Morgan fingerprint density at radius 2 is 2.05 bits per heavy atom. The number of aliphatic hydroxyl groups excluding tert-OH is 1. The second-order valence-electron chi connectivity index (χ2n) is 3.94. The van der Waals surface area contributed by atoms with Crippen LogP contribution in [0.15, 0.2) is 24.5 Å². The molecule has 0 saturated carbocycles. The lowest BCUT2D eigenvalue weighted by Crippen LogP contribution is -2.38. The standard InChI is InChI=1S/C12H17N3O4/c16-10(11(17)18)4-7-15-12(19)14-6-3-9-2-1-5-13-8-9/h1-2,5,8,10,16H,3-4,6-7H2,(H,17,18)(H2,14,15,19). The van der Waals surface area contributed by atoms with E-state index in [2.05, 4.69) is 15.6 Å². The van der Waals surface area contributed by atoms with Gasteiger partial charge in [-0.1, -0.05) is 6.07 Å². The van der Waals surface area contributed by atoms with Gasteiger partial charge in [0.15, 0.2) is 6.10 Å². The van der Waals surface area contributed by atoms with E-state index in [4.69, 9.17) is 10.2 Å². The summed E-state index contributed by atoms with van der Waals surface area (Å²) in [5.74, 6) is -1.29. The molecule has 0 aromatic carbocycles.